The zero-order valence-corrected chi connectivity index (χ0v) is 19.7. The number of aryl methyl sites for hydroxylation is 1. The van der Waals surface area contributed by atoms with Crippen LogP contribution in [0.2, 0.25) is 0 Å². The number of carbonyl (C=O) groups excluding carboxylic acids is 1. The Hall–Kier alpha value is -3.43. The summed E-state index contributed by atoms with van der Waals surface area (Å²) in [7, 11) is 0. The number of aromatic amines is 1. The fourth-order valence-electron chi connectivity index (χ4n) is 4.44. The first-order chi connectivity index (χ1) is 17.1. The molecule has 2 aliphatic rings. The maximum absolute atomic E-state index is 13.7. The summed E-state index contributed by atoms with van der Waals surface area (Å²) >= 11 is 0. The van der Waals surface area contributed by atoms with Crippen molar-refractivity contribution in [2.24, 2.45) is 5.92 Å². The monoisotopic (exact) mass is 480 g/mol. The molecule has 3 heterocycles. The van der Waals surface area contributed by atoms with Gasteiger partial charge in [-0.25, -0.2) is 4.39 Å². The lowest BCUT2D eigenvalue weighted by Crippen LogP contribution is -2.38. The van der Waals surface area contributed by atoms with E-state index in [1.807, 2.05) is 31.3 Å². The summed E-state index contributed by atoms with van der Waals surface area (Å²) in [5, 5.41) is 10.1. The predicted octanol–water partition coefficient (Wildman–Crippen LogP) is 3.43. The van der Waals surface area contributed by atoms with Crippen molar-refractivity contribution >= 4 is 11.6 Å². The number of fused-ring (bicyclic) bond motifs is 1. The Balaban J connectivity index is 1.31. The number of morpholine rings is 1. The van der Waals surface area contributed by atoms with Crippen molar-refractivity contribution in [2.45, 2.75) is 13.3 Å². The van der Waals surface area contributed by atoms with Gasteiger partial charge in [-0.05, 0) is 54.8 Å². The number of carbonyl (C=O) groups is 1. The summed E-state index contributed by atoms with van der Waals surface area (Å²) < 4.78 is 31.0. The zero-order valence-electron chi connectivity index (χ0n) is 19.7. The van der Waals surface area contributed by atoms with Gasteiger partial charge in [0.25, 0.3) is 0 Å². The average Bonchev–Trinajstić information content (AvgIpc) is 3.31. The van der Waals surface area contributed by atoms with Gasteiger partial charge in [0.15, 0.2) is 0 Å². The molecule has 1 amide bonds. The van der Waals surface area contributed by atoms with Crippen LogP contribution < -0.4 is 14.8 Å². The Bertz CT molecular complexity index is 1190. The number of aromatic nitrogens is 2. The molecule has 1 saturated heterocycles. The lowest BCUT2D eigenvalue weighted by atomic mass is 9.95. The first-order valence-electron chi connectivity index (χ1n) is 11.9. The highest BCUT2D eigenvalue weighted by Crippen LogP contribution is 2.33. The standard InChI is InChI=1S/C26H29FN4O4/c1-17-22(15-28-30-17)18-2-4-23(25(14-18)34-11-8-31-6-9-33-10-7-31)29-26(32)20-12-19-13-21(27)3-5-24(19)35-16-20/h2-5,13-15,20H,6-12,16H2,1H3,(H,28,30)(H,29,32). The van der Waals surface area contributed by atoms with Crippen molar-refractivity contribution in [1.29, 1.82) is 0 Å². The van der Waals surface area contributed by atoms with Crippen LogP contribution in [0.15, 0.2) is 42.6 Å². The number of nitrogens with one attached hydrogen (secondary N) is 2. The molecule has 1 atom stereocenters. The molecule has 8 nitrogen and oxygen atoms in total. The number of hydrogen-bond acceptors (Lipinski definition) is 6. The highest BCUT2D eigenvalue weighted by atomic mass is 19.1. The average molecular weight is 481 g/mol. The van der Waals surface area contributed by atoms with Gasteiger partial charge in [-0.3, -0.25) is 14.8 Å². The number of nitrogens with zero attached hydrogens (tertiary/aromatic N) is 2. The van der Waals surface area contributed by atoms with E-state index in [1.165, 1.54) is 12.1 Å². The molecule has 0 spiro atoms. The molecule has 1 unspecified atom stereocenters. The van der Waals surface area contributed by atoms with Crippen LogP contribution in [0, 0.1) is 18.7 Å². The summed E-state index contributed by atoms with van der Waals surface area (Å²) in [6.07, 6.45) is 2.26. The molecule has 0 radical (unpaired) electrons. The van der Waals surface area contributed by atoms with E-state index in [4.69, 9.17) is 14.2 Å². The Morgan fingerprint density at radius 1 is 1.26 bits per heavy atom. The third kappa shape index (κ3) is 5.47. The van der Waals surface area contributed by atoms with Crippen LogP contribution in [0.1, 0.15) is 11.3 Å². The highest BCUT2D eigenvalue weighted by Gasteiger charge is 2.27. The van der Waals surface area contributed by atoms with E-state index >= 15 is 0 Å². The van der Waals surface area contributed by atoms with Crippen molar-refractivity contribution in [3.63, 3.8) is 0 Å². The molecule has 2 aromatic carbocycles. The zero-order chi connectivity index (χ0) is 24.2. The number of benzene rings is 2. The molecule has 5 rings (SSSR count). The fourth-order valence-corrected chi connectivity index (χ4v) is 4.44. The van der Waals surface area contributed by atoms with E-state index in [-0.39, 0.29) is 18.3 Å². The predicted molar refractivity (Wildman–Crippen MR) is 129 cm³/mol. The van der Waals surface area contributed by atoms with Crippen LogP contribution in [0.5, 0.6) is 11.5 Å². The second-order valence-electron chi connectivity index (χ2n) is 8.85. The largest absolute Gasteiger partial charge is 0.492 e. The minimum Gasteiger partial charge on any atom is -0.492 e. The molecule has 9 heteroatoms. The third-order valence-electron chi connectivity index (χ3n) is 6.45. The Kier molecular flexibility index (Phi) is 6.96. The maximum Gasteiger partial charge on any atom is 0.231 e. The summed E-state index contributed by atoms with van der Waals surface area (Å²) in [4.78, 5) is 15.4. The first kappa shape index (κ1) is 23.3. The summed E-state index contributed by atoms with van der Waals surface area (Å²) in [6, 6.07) is 10.1. The smallest absolute Gasteiger partial charge is 0.231 e. The summed E-state index contributed by atoms with van der Waals surface area (Å²) in [5.74, 6) is 0.260. The van der Waals surface area contributed by atoms with Crippen molar-refractivity contribution in [3.05, 3.63) is 59.7 Å². The normalized spacial score (nSPS) is 17.9. The Labute approximate surface area is 203 Å². The number of ether oxygens (including phenoxy) is 3. The van der Waals surface area contributed by atoms with Gasteiger partial charge in [-0.2, -0.15) is 5.10 Å². The molecule has 0 saturated carbocycles. The van der Waals surface area contributed by atoms with Crippen LogP contribution in [-0.2, 0) is 16.0 Å². The molecule has 1 fully saturated rings. The molecule has 2 N–H and O–H groups in total. The second kappa shape index (κ2) is 10.5. The van der Waals surface area contributed by atoms with Gasteiger partial charge >= 0.3 is 0 Å². The van der Waals surface area contributed by atoms with Crippen LogP contribution in [0.4, 0.5) is 10.1 Å². The van der Waals surface area contributed by atoms with Crippen molar-refractivity contribution in [2.75, 3.05) is 51.4 Å². The molecular formula is C26H29FN4O4. The first-order valence-corrected chi connectivity index (χ1v) is 11.9. The van der Waals surface area contributed by atoms with E-state index in [9.17, 15) is 9.18 Å². The quantitative estimate of drug-likeness (QED) is 0.539. The van der Waals surface area contributed by atoms with Gasteiger partial charge in [-0.15, -0.1) is 0 Å². The minimum absolute atomic E-state index is 0.190. The van der Waals surface area contributed by atoms with Crippen LogP contribution in [0.3, 0.4) is 0 Å². The molecule has 184 valence electrons. The fraction of sp³-hybridized carbons (Fsp3) is 0.385. The lowest BCUT2D eigenvalue weighted by molar-refractivity contribution is -0.121. The third-order valence-corrected chi connectivity index (χ3v) is 6.45. The lowest BCUT2D eigenvalue weighted by Gasteiger charge is -2.27. The number of hydrogen-bond donors (Lipinski definition) is 2. The van der Waals surface area contributed by atoms with Gasteiger partial charge < -0.3 is 19.5 Å². The molecule has 35 heavy (non-hydrogen) atoms. The SMILES string of the molecule is Cc1n[nH]cc1-c1ccc(NC(=O)C2COc3ccc(F)cc3C2)c(OCCN2CCOCC2)c1. The number of amides is 1. The van der Waals surface area contributed by atoms with Crippen LogP contribution >= 0.6 is 0 Å². The number of rotatable bonds is 7. The van der Waals surface area contributed by atoms with Crippen molar-refractivity contribution in [3.8, 4) is 22.6 Å². The summed E-state index contributed by atoms with van der Waals surface area (Å²) in [6.45, 7) is 6.64. The van der Waals surface area contributed by atoms with Crippen molar-refractivity contribution < 1.29 is 23.4 Å². The van der Waals surface area contributed by atoms with Crippen molar-refractivity contribution in [1.82, 2.24) is 15.1 Å². The van der Waals surface area contributed by atoms with Gasteiger partial charge in [-0.1, -0.05) is 6.07 Å². The minimum atomic E-state index is -0.429. The number of H-pyrrole nitrogens is 1. The second-order valence-corrected chi connectivity index (χ2v) is 8.85. The van der Waals surface area contributed by atoms with E-state index in [2.05, 4.69) is 20.4 Å². The Morgan fingerprint density at radius 3 is 2.91 bits per heavy atom. The molecule has 1 aromatic heterocycles. The molecule has 2 aliphatic heterocycles. The van der Waals surface area contributed by atoms with Crippen LogP contribution in [0.25, 0.3) is 11.1 Å². The van der Waals surface area contributed by atoms with E-state index in [0.717, 1.165) is 49.7 Å². The van der Waals surface area contributed by atoms with Gasteiger partial charge in [0, 0.05) is 31.4 Å². The maximum atomic E-state index is 13.7. The van der Waals surface area contributed by atoms with Gasteiger partial charge in [0.1, 0.15) is 30.5 Å². The highest BCUT2D eigenvalue weighted by molar-refractivity contribution is 5.95. The topological polar surface area (TPSA) is 88.7 Å². The molecule has 3 aromatic rings. The Morgan fingerprint density at radius 2 is 2.11 bits per heavy atom. The number of anilines is 1. The molecular weight excluding hydrogens is 451 g/mol. The molecule has 0 aliphatic carbocycles. The van der Waals surface area contributed by atoms with E-state index < -0.39 is 5.92 Å². The molecule has 0 bridgehead atoms. The van der Waals surface area contributed by atoms with Gasteiger partial charge in [0.05, 0.1) is 30.5 Å². The van der Waals surface area contributed by atoms with E-state index in [1.54, 1.807) is 6.07 Å². The van der Waals surface area contributed by atoms with Gasteiger partial charge in [0.2, 0.25) is 5.91 Å². The van der Waals surface area contributed by atoms with E-state index in [0.29, 0.717) is 35.8 Å². The number of halogens is 1. The summed E-state index contributed by atoms with van der Waals surface area (Å²) in [5.41, 5.74) is 4.09. The van der Waals surface area contributed by atoms with Crippen LogP contribution in [-0.4, -0.2) is 67.1 Å².